The van der Waals surface area contributed by atoms with E-state index < -0.39 is 0 Å². The van der Waals surface area contributed by atoms with Gasteiger partial charge in [0.2, 0.25) is 0 Å². The van der Waals surface area contributed by atoms with Crippen LogP contribution in [0.1, 0.15) is 5.69 Å². The highest BCUT2D eigenvalue weighted by Crippen LogP contribution is 2.20. The van der Waals surface area contributed by atoms with Crippen molar-refractivity contribution in [1.82, 2.24) is 10.2 Å². The van der Waals surface area contributed by atoms with Gasteiger partial charge >= 0.3 is 0 Å². The lowest BCUT2D eigenvalue weighted by Gasteiger charge is -1.97. The summed E-state index contributed by atoms with van der Waals surface area (Å²) < 4.78 is 1.02. The normalized spacial score (nSPS) is 11.2. The number of aromatic nitrogens is 2. The van der Waals surface area contributed by atoms with E-state index in [-0.39, 0.29) is 0 Å². The van der Waals surface area contributed by atoms with Crippen molar-refractivity contribution in [2.75, 3.05) is 5.43 Å². The summed E-state index contributed by atoms with van der Waals surface area (Å²) in [6.45, 7) is 0. The molecular formula is C14H11BrN4. The standard InChI is InChI=1S/C14H11BrN4/c15-10-6-7-13-12(8-10)14(19-18-13)9-16-17-11-4-2-1-3-5-11/h1-9,17H,(H,18,19)/b16-9+. The first-order chi connectivity index (χ1) is 9.33. The van der Waals surface area contributed by atoms with Crippen molar-refractivity contribution in [1.29, 1.82) is 0 Å². The van der Waals surface area contributed by atoms with E-state index >= 15 is 0 Å². The van der Waals surface area contributed by atoms with Crippen molar-refractivity contribution < 1.29 is 0 Å². The minimum absolute atomic E-state index is 0.875. The molecular weight excluding hydrogens is 304 g/mol. The van der Waals surface area contributed by atoms with E-state index in [0.29, 0.717) is 0 Å². The van der Waals surface area contributed by atoms with Crippen LogP contribution in [0.15, 0.2) is 58.1 Å². The number of fused-ring (bicyclic) bond motifs is 1. The Morgan fingerprint density at radius 1 is 1.16 bits per heavy atom. The number of anilines is 1. The second-order valence-corrected chi connectivity index (χ2v) is 4.95. The van der Waals surface area contributed by atoms with Crippen LogP contribution in [0, 0.1) is 0 Å². The van der Waals surface area contributed by atoms with Gasteiger partial charge in [0.25, 0.3) is 0 Å². The SMILES string of the molecule is Brc1ccc2n[nH]c(/C=N/Nc3ccccc3)c2c1. The third-order valence-electron chi connectivity index (χ3n) is 2.71. The maximum Gasteiger partial charge on any atom is 0.0928 e. The molecule has 0 radical (unpaired) electrons. The molecule has 1 aromatic heterocycles. The molecule has 0 aliphatic rings. The van der Waals surface area contributed by atoms with Crippen molar-refractivity contribution >= 4 is 38.7 Å². The van der Waals surface area contributed by atoms with Crippen LogP contribution < -0.4 is 5.43 Å². The summed E-state index contributed by atoms with van der Waals surface area (Å²) in [7, 11) is 0. The number of H-pyrrole nitrogens is 1. The van der Waals surface area contributed by atoms with Gasteiger partial charge in [0, 0.05) is 9.86 Å². The molecule has 5 heteroatoms. The average molecular weight is 315 g/mol. The lowest BCUT2D eigenvalue weighted by molar-refractivity contribution is 1.11. The summed E-state index contributed by atoms with van der Waals surface area (Å²) in [6.07, 6.45) is 1.73. The molecule has 1 heterocycles. The predicted molar refractivity (Wildman–Crippen MR) is 81.5 cm³/mol. The minimum Gasteiger partial charge on any atom is -0.278 e. The van der Waals surface area contributed by atoms with Gasteiger partial charge in [-0.05, 0) is 30.3 Å². The Morgan fingerprint density at radius 2 is 2.00 bits per heavy atom. The second kappa shape index (κ2) is 5.24. The molecule has 3 rings (SSSR count). The van der Waals surface area contributed by atoms with Crippen LogP contribution in [-0.2, 0) is 0 Å². The summed E-state index contributed by atoms with van der Waals surface area (Å²) in [5.41, 5.74) is 5.72. The fourth-order valence-corrected chi connectivity index (χ4v) is 2.15. The quantitative estimate of drug-likeness (QED) is 0.571. The van der Waals surface area contributed by atoms with Gasteiger partial charge in [0.05, 0.1) is 23.1 Å². The Kier molecular flexibility index (Phi) is 3.29. The molecule has 4 nitrogen and oxygen atoms in total. The first-order valence-electron chi connectivity index (χ1n) is 5.81. The van der Waals surface area contributed by atoms with Crippen molar-refractivity contribution in [3.05, 3.63) is 58.7 Å². The monoisotopic (exact) mass is 314 g/mol. The molecule has 0 saturated carbocycles. The Hall–Kier alpha value is -2.14. The number of benzene rings is 2. The maximum absolute atomic E-state index is 4.22. The van der Waals surface area contributed by atoms with Crippen LogP contribution in [0.2, 0.25) is 0 Å². The minimum atomic E-state index is 0.875. The van der Waals surface area contributed by atoms with E-state index in [0.717, 1.165) is 26.8 Å². The molecule has 0 bridgehead atoms. The molecule has 0 unspecified atom stereocenters. The van der Waals surface area contributed by atoms with Gasteiger partial charge in [0.1, 0.15) is 0 Å². The molecule has 94 valence electrons. The number of nitrogens with zero attached hydrogens (tertiary/aromatic N) is 2. The molecule has 19 heavy (non-hydrogen) atoms. The van der Waals surface area contributed by atoms with Gasteiger partial charge < -0.3 is 0 Å². The van der Waals surface area contributed by atoms with Crippen LogP contribution in [0.4, 0.5) is 5.69 Å². The zero-order valence-electron chi connectivity index (χ0n) is 9.97. The van der Waals surface area contributed by atoms with E-state index in [4.69, 9.17) is 0 Å². The number of hydrogen-bond acceptors (Lipinski definition) is 3. The molecule has 0 aliphatic carbocycles. The lowest BCUT2D eigenvalue weighted by Crippen LogP contribution is -1.90. The first kappa shape index (κ1) is 11.9. The van der Waals surface area contributed by atoms with Crippen molar-refractivity contribution in [2.24, 2.45) is 5.10 Å². The van der Waals surface area contributed by atoms with Gasteiger partial charge in [-0.1, -0.05) is 34.1 Å². The Bertz CT molecular complexity index is 719. The Balaban J connectivity index is 1.83. The van der Waals surface area contributed by atoms with Gasteiger partial charge in [-0.25, -0.2) is 0 Å². The van der Waals surface area contributed by atoms with Crippen LogP contribution in [0.25, 0.3) is 10.9 Å². The summed E-state index contributed by atoms with van der Waals surface area (Å²) in [5.74, 6) is 0. The lowest BCUT2D eigenvalue weighted by atomic mass is 10.2. The highest BCUT2D eigenvalue weighted by Gasteiger charge is 2.03. The molecule has 2 N–H and O–H groups in total. The third-order valence-corrected chi connectivity index (χ3v) is 3.20. The van der Waals surface area contributed by atoms with Crippen LogP contribution >= 0.6 is 15.9 Å². The number of hydrogen-bond donors (Lipinski definition) is 2. The zero-order chi connectivity index (χ0) is 13.1. The predicted octanol–water partition coefficient (Wildman–Crippen LogP) is 3.77. The number of hydrazone groups is 1. The molecule has 0 fully saturated rings. The summed E-state index contributed by atoms with van der Waals surface area (Å²) in [6, 6.07) is 15.7. The number of para-hydroxylation sites is 1. The second-order valence-electron chi connectivity index (χ2n) is 4.03. The van der Waals surface area contributed by atoms with Crippen LogP contribution in [-0.4, -0.2) is 16.4 Å². The molecule has 3 aromatic rings. The number of aromatic amines is 1. The van der Waals surface area contributed by atoms with Gasteiger partial charge in [-0.15, -0.1) is 0 Å². The maximum atomic E-state index is 4.22. The van der Waals surface area contributed by atoms with Crippen molar-refractivity contribution in [2.45, 2.75) is 0 Å². The van der Waals surface area contributed by atoms with Crippen LogP contribution in [0.3, 0.4) is 0 Å². The number of halogens is 1. The average Bonchev–Trinajstić information content (AvgIpc) is 2.83. The smallest absolute Gasteiger partial charge is 0.0928 e. The zero-order valence-corrected chi connectivity index (χ0v) is 11.6. The summed E-state index contributed by atoms with van der Waals surface area (Å²) >= 11 is 3.45. The molecule has 0 spiro atoms. The van der Waals surface area contributed by atoms with E-state index in [9.17, 15) is 0 Å². The van der Waals surface area contributed by atoms with Gasteiger partial charge in [-0.2, -0.15) is 10.2 Å². The Labute approximate surface area is 118 Å². The fraction of sp³-hybridized carbons (Fsp3) is 0. The van der Waals surface area contributed by atoms with E-state index in [2.05, 4.69) is 36.7 Å². The number of rotatable bonds is 3. The first-order valence-corrected chi connectivity index (χ1v) is 6.60. The van der Waals surface area contributed by atoms with Crippen LogP contribution in [0.5, 0.6) is 0 Å². The molecule has 2 aromatic carbocycles. The fourth-order valence-electron chi connectivity index (χ4n) is 1.78. The molecule has 0 aliphatic heterocycles. The number of nitrogens with one attached hydrogen (secondary N) is 2. The third kappa shape index (κ3) is 2.66. The molecule has 0 saturated heterocycles. The van der Waals surface area contributed by atoms with Gasteiger partial charge in [0.15, 0.2) is 0 Å². The highest BCUT2D eigenvalue weighted by molar-refractivity contribution is 9.10. The van der Waals surface area contributed by atoms with E-state index in [1.807, 2.05) is 48.5 Å². The Morgan fingerprint density at radius 3 is 2.84 bits per heavy atom. The van der Waals surface area contributed by atoms with Crippen molar-refractivity contribution in [3.63, 3.8) is 0 Å². The molecule has 0 amide bonds. The van der Waals surface area contributed by atoms with Crippen molar-refractivity contribution in [3.8, 4) is 0 Å². The topological polar surface area (TPSA) is 53.1 Å². The van der Waals surface area contributed by atoms with Gasteiger partial charge in [-0.3, -0.25) is 10.5 Å². The summed E-state index contributed by atoms with van der Waals surface area (Å²) in [5, 5.41) is 12.4. The summed E-state index contributed by atoms with van der Waals surface area (Å²) in [4.78, 5) is 0. The largest absolute Gasteiger partial charge is 0.278 e. The van der Waals surface area contributed by atoms with E-state index in [1.54, 1.807) is 6.21 Å². The van der Waals surface area contributed by atoms with E-state index in [1.165, 1.54) is 0 Å². The molecule has 0 atom stereocenters. The highest BCUT2D eigenvalue weighted by atomic mass is 79.9.